The van der Waals surface area contributed by atoms with Crippen molar-refractivity contribution in [1.29, 1.82) is 0 Å². The Morgan fingerprint density at radius 2 is 1.76 bits per heavy atom. The molecule has 2 aliphatic rings. The SMILES string of the molecule is CC1(C)CC(=O)[C@H](CN2CCN(N=O)CC2)C(C)(C)N1O. The molecule has 2 heterocycles. The molecule has 0 bridgehead atoms. The van der Waals surface area contributed by atoms with Crippen LogP contribution in [0, 0.1) is 10.8 Å². The summed E-state index contributed by atoms with van der Waals surface area (Å²) in [5.74, 6) is -0.0301. The van der Waals surface area contributed by atoms with Crippen LogP contribution >= 0.6 is 0 Å². The van der Waals surface area contributed by atoms with Crippen molar-refractivity contribution in [2.24, 2.45) is 11.2 Å². The molecule has 2 fully saturated rings. The monoisotopic (exact) mass is 298 g/mol. The molecular weight excluding hydrogens is 272 g/mol. The molecule has 7 heteroatoms. The largest absolute Gasteiger partial charge is 0.313 e. The van der Waals surface area contributed by atoms with E-state index in [-0.39, 0.29) is 11.7 Å². The number of carbonyl (C=O) groups is 1. The summed E-state index contributed by atoms with van der Waals surface area (Å²) in [5.41, 5.74) is -1.13. The van der Waals surface area contributed by atoms with E-state index in [2.05, 4.69) is 10.2 Å². The number of nitroso groups, excluding NO2 is 1. The molecule has 0 aliphatic carbocycles. The molecule has 0 amide bonds. The van der Waals surface area contributed by atoms with Crippen LogP contribution in [0.1, 0.15) is 34.1 Å². The van der Waals surface area contributed by atoms with Crippen LogP contribution in [0.5, 0.6) is 0 Å². The Balaban J connectivity index is 2.05. The minimum Gasteiger partial charge on any atom is -0.313 e. The normalized spacial score (nSPS) is 30.4. The lowest BCUT2D eigenvalue weighted by atomic mass is 9.73. The van der Waals surface area contributed by atoms with Crippen LogP contribution in [-0.2, 0) is 4.79 Å². The summed E-state index contributed by atoms with van der Waals surface area (Å²) >= 11 is 0. The molecule has 7 nitrogen and oxygen atoms in total. The molecule has 2 aliphatic heterocycles. The summed E-state index contributed by atoms with van der Waals surface area (Å²) in [6.45, 7) is 10.9. The van der Waals surface area contributed by atoms with Gasteiger partial charge in [0.25, 0.3) is 0 Å². The maximum atomic E-state index is 12.5. The molecule has 0 spiro atoms. The van der Waals surface area contributed by atoms with E-state index in [1.807, 2.05) is 27.7 Å². The fourth-order valence-electron chi connectivity index (χ4n) is 3.53. The lowest BCUT2D eigenvalue weighted by Gasteiger charge is -2.52. The molecule has 2 saturated heterocycles. The minimum atomic E-state index is -0.598. The average Bonchev–Trinajstić information content (AvgIpc) is 2.42. The number of piperazine rings is 1. The van der Waals surface area contributed by atoms with Crippen molar-refractivity contribution in [3.63, 3.8) is 0 Å². The highest BCUT2D eigenvalue weighted by atomic mass is 16.5. The minimum absolute atomic E-state index is 0.200. The van der Waals surface area contributed by atoms with Crippen LogP contribution in [0.25, 0.3) is 0 Å². The molecule has 2 rings (SSSR count). The number of Topliss-reactive ketones (excluding diaryl/α,β-unsaturated/α-hetero) is 1. The number of ketones is 1. The Bertz CT molecular complexity index is 416. The molecule has 0 radical (unpaired) electrons. The second-order valence-electron chi connectivity index (χ2n) is 7.31. The third kappa shape index (κ3) is 3.09. The quantitative estimate of drug-likeness (QED) is 0.787. The number of carbonyl (C=O) groups excluding carboxylic acids is 1. The van der Waals surface area contributed by atoms with Gasteiger partial charge in [-0.2, -0.15) is 5.06 Å². The van der Waals surface area contributed by atoms with E-state index in [1.165, 1.54) is 10.1 Å². The van der Waals surface area contributed by atoms with Crippen molar-refractivity contribution in [2.75, 3.05) is 32.7 Å². The van der Waals surface area contributed by atoms with Crippen molar-refractivity contribution >= 4 is 5.78 Å². The van der Waals surface area contributed by atoms with Gasteiger partial charge in [-0.1, -0.05) is 0 Å². The van der Waals surface area contributed by atoms with Gasteiger partial charge in [-0.25, -0.2) is 0 Å². The molecule has 21 heavy (non-hydrogen) atoms. The lowest BCUT2D eigenvalue weighted by Crippen LogP contribution is -2.66. The summed E-state index contributed by atoms with van der Waals surface area (Å²) in [6.07, 6.45) is 0.355. The number of piperidine rings is 1. The highest BCUT2D eigenvalue weighted by Gasteiger charge is 2.51. The number of hydroxylamine groups is 2. The summed E-state index contributed by atoms with van der Waals surface area (Å²) in [7, 11) is 0. The van der Waals surface area contributed by atoms with Gasteiger partial charge in [0, 0.05) is 31.6 Å². The van der Waals surface area contributed by atoms with E-state index in [0.717, 1.165) is 13.1 Å². The molecule has 0 saturated carbocycles. The second-order valence-corrected chi connectivity index (χ2v) is 7.31. The first-order valence-corrected chi connectivity index (χ1v) is 7.51. The Morgan fingerprint density at radius 3 is 2.29 bits per heavy atom. The Morgan fingerprint density at radius 1 is 1.19 bits per heavy atom. The van der Waals surface area contributed by atoms with Crippen molar-refractivity contribution in [3.8, 4) is 0 Å². The van der Waals surface area contributed by atoms with Crippen LogP contribution in [0.15, 0.2) is 5.29 Å². The fraction of sp³-hybridized carbons (Fsp3) is 0.929. The van der Waals surface area contributed by atoms with Gasteiger partial charge < -0.3 is 5.21 Å². The van der Waals surface area contributed by atoms with Crippen LogP contribution in [0.4, 0.5) is 0 Å². The maximum absolute atomic E-state index is 12.5. The topological polar surface area (TPSA) is 76.5 Å². The summed E-state index contributed by atoms with van der Waals surface area (Å²) in [6, 6.07) is 0. The van der Waals surface area contributed by atoms with Gasteiger partial charge in [-0.05, 0) is 27.7 Å². The van der Waals surface area contributed by atoms with E-state index in [0.29, 0.717) is 26.1 Å². The Hall–Kier alpha value is -1.05. The van der Waals surface area contributed by atoms with E-state index in [1.54, 1.807) is 0 Å². The van der Waals surface area contributed by atoms with Crippen LogP contribution in [0.2, 0.25) is 0 Å². The summed E-state index contributed by atoms with van der Waals surface area (Å²) in [5, 5.41) is 16.3. The van der Waals surface area contributed by atoms with Crippen molar-refractivity contribution < 1.29 is 10.0 Å². The number of hydrogen-bond donors (Lipinski definition) is 1. The zero-order valence-electron chi connectivity index (χ0n) is 13.4. The summed E-state index contributed by atoms with van der Waals surface area (Å²) in [4.78, 5) is 25.2. The van der Waals surface area contributed by atoms with E-state index in [4.69, 9.17) is 0 Å². The van der Waals surface area contributed by atoms with Crippen molar-refractivity contribution in [2.45, 2.75) is 45.2 Å². The molecular formula is C14H26N4O3. The predicted molar refractivity (Wildman–Crippen MR) is 78.7 cm³/mol. The summed E-state index contributed by atoms with van der Waals surface area (Å²) < 4.78 is 0. The van der Waals surface area contributed by atoms with Gasteiger partial charge in [-0.3, -0.25) is 14.7 Å². The number of nitrogens with zero attached hydrogens (tertiary/aromatic N) is 4. The van der Waals surface area contributed by atoms with Gasteiger partial charge in [0.15, 0.2) is 0 Å². The first-order valence-electron chi connectivity index (χ1n) is 7.51. The van der Waals surface area contributed by atoms with Gasteiger partial charge in [-0.15, -0.1) is 4.91 Å². The van der Waals surface area contributed by atoms with Crippen molar-refractivity contribution in [1.82, 2.24) is 15.0 Å². The molecule has 0 aromatic heterocycles. The van der Waals surface area contributed by atoms with Gasteiger partial charge in [0.05, 0.1) is 29.8 Å². The highest BCUT2D eigenvalue weighted by Crippen LogP contribution is 2.39. The molecule has 0 unspecified atom stereocenters. The molecule has 1 N–H and O–H groups in total. The maximum Gasteiger partial charge on any atom is 0.141 e. The van der Waals surface area contributed by atoms with Crippen molar-refractivity contribution in [3.05, 3.63) is 4.91 Å². The first-order chi connectivity index (χ1) is 9.68. The molecule has 0 aromatic rings. The fourth-order valence-corrected chi connectivity index (χ4v) is 3.53. The van der Waals surface area contributed by atoms with Crippen LogP contribution in [0.3, 0.4) is 0 Å². The van der Waals surface area contributed by atoms with E-state index >= 15 is 0 Å². The molecule has 1 atom stereocenters. The lowest BCUT2D eigenvalue weighted by molar-refractivity contribution is -0.252. The Kier molecular flexibility index (Phi) is 4.37. The number of hydrogen-bond acceptors (Lipinski definition) is 6. The van der Waals surface area contributed by atoms with Crippen LogP contribution in [-0.4, -0.2) is 69.8 Å². The standard InChI is InChI=1S/C14H26N4O3/c1-13(2)9-12(19)11(14(3,4)18(13)21)10-16-5-7-17(15-20)8-6-16/h11,21H,5-10H2,1-4H3/t11-/m0/s1. The third-order valence-corrected chi connectivity index (χ3v) is 4.87. The third-order valence-electron chi connectivity index (χ3n) is 4.87. The second kappa shape index (κ2) is 5.62. The van der Waals surface area contributed by atoms with Gasteiger partial charge in [0.2, 0.25) is 0 Å². The van der Waals surface area contributed by atoms with Gasteiger partial charge in [0.1, 0.15) is 5.78 Å². The van der Waals surface area contributed by atoms with E-state index < -0.39 is 11.1 Å². The first kappa shape index (κ1) is 16.3. The van der Waals surface area contributed by atoms with Gasteiger partial charge >= 0.3 is 0 Å². The van der Waals surface area contributed by atoms with E-state index in [9.17, 15) is 14.9 Å². The molecule has 0 aromatic carbocycles. The Labute approximate surface area is 125 Å². The smallest absolute Gasteiger partial charge is 0.141 e. The highest BCUT2D eigenvalue weighted by molar-refractivity contribution is 5.84. The zero-order valence-corrected chi connectivity index (χ0v) is 13.4. The zero-order chi connectivity index (χ0) is 15.8. The predicted octanol–water partition coefficient (Wildman–Crippen LogP) is 1.12. The number of rotatable bonds is 3. The molecule has 120 valence electrons. The van der Waals surface area contributed by atoms with Crippen LogP contribution < -0.4 is 0 Å². The average molecular weight is 298 g/mol.